The average molecular weight is 330 g/mol. The van der Waals surface area contributed by atoms with E-state index in [1.54, 1.807) is 0 Å². The van der Waals surface area contributed by atoms with E-state index in [0.717, 1.165) is 25.7 Å². The number of carbonyl (C=O) groups is 1. The Morgan fingerprint density at radius 3 is 2.68 bits per heavy atom. The SMILES string of the molecule is CCC(C)N(CCC(=O)NCCC1=CCCCC1)S(C)(=O)=O. The van der Waals surface area contributed by atoms with Gasteiger partial charge in [0, 0.05) is 25.6 Å². The second-order valence-corrected chi connectivity index (χ2v) is 8.02. The maximum atomic E-state index is 11.9. The lowest BCUT2D eigenvalue weighted by Gasteiger charge is -2.25. The van der Waals surface area contributed by atoms with Crippen LogP contribution in [-0.2, 0) is 14.8 Å². The number of hydrogen-bond donors (Lipinski definition) is 1. The molecule has 0 aromatic carbocycles. The van der Waals surface area contributed by atoms with Crippen molar-refractivity contribution in [3.8, 4) is 0 Å². The molecule has 6 heteroatoms. The molecule has 0 bridgehead atoms. The molecule has 0 saturated heterocycles. The third-order valence-electron chi connectivity index (χ3n) is 4.22. The number of allylic oxidation sites excluding steroid dienone is 1. The number of sulfonamides is 1. The molecule has 1 aliphatic carbocycles. The second kappa shape index (κ2) is 9.30. The molecule has 1 atom stereocenters. The number of amides is 1. The summed E-state index contributed by atoms with van der Waals surface area (Å²) in [5, 5.41) is 2.89. The molecule has 0 fully saturated rings. The maximum Gasteiger partial charge on any atom is 0.221 e. The number of rotatable bonds is 9. The van der Waals surface area contributed by atoms with Crippen LogP contribution < -0.4 is 5.32 Å². The van der Waals surface area contributed by atoms with Gasteiger partial charge in [0.2, 0.25) is 15.9 Å². The summed E-state index contributed by atoms with van der Waals surface area (Å²) in [5.74, 6) is -0.0756. The lowest BCUT2D eigenvalue weighted by atomic mass is 9.97. The van der Waals surface area contributed by atoms with Gasteiger partial charge in [-0.1, -0.05) is 18.6 Å². The minimum Gasteiger partial charge on any atom is -0.356 e. The Morgan fingerprint density at radius 1 is 1.41 bits per heavy atom. The van der Waals surface area contributed by atoms with Gasteiger partial charge < -0.3 is 5.32 Å². The monoisotopic (exact) mass is 330 g/mol. The number of hydrogen-bond acceptors (Lipinski definition) is 3. The van der Waals surface area contributed by atoms with E-state index in [-0.39, 0.29) is 24.9 Å². The van der Waals surface area contributed by atoms with Crippen molar-refractivity contribution in [2.45, 2.75) is 64.8 Å². The predicted octanol–water partition coefficient (Wildman–Crippen LogP) is 2.44. The van der Waals surface area contributed by atoms with Gasteiger partial charge >= 0.3 is 0 Å². The number of carbonyl (C=O) groups excluding carboxylic acids is 1. The molecule has 1 rings (SSSR count). The molecule has 0 heterocycles. The summed E-state index contributed by atoms with van der Waals surface area (Å²) >= 11 is 0. The molecule has 1 amide bonds. The van der Waals surface area contributed by atoms with Crippen LogP contribution in [0, 0.1) is 0 Å². The molecule has 0 spiro atoms. The van der Waals surface area contributed by atoms with Gasteiger partial charge in [0.25, 0.3) is 0 Å². The van der Waals surface area contributed by atoms with Crippen molar-refractivity contribution in [3.05, 3.63) is 11.6 Å². The molecule has 0 aromatic heterocycles. The van der Waals surface area contributed by atoms with Crippen molar-refractivity contribution >= 4 is 15.9 Å². The van der Waals surface area contributed by atoms with E-state index in [2.05, 4.69) is 11.4 Å². The summed E-state index contributed by atoms with van der Waals surface area (Å²) in [5.41, 5.74) is 1.43. The Morgan fingerprint density at radius 2 is 2.14 bits per heavy atom. The summed E-state index contributed by atoms with van der Waals surface area (Å²) in [4.78, 5) is 11.9. The van der Waals surface area contributed by atoms with E-state index in [1.807, 2.05) is 13.8 Å². The zero-order chi connectivity index (χ0) is 16.6. The van der Waals surface area contributed by atoms with E-state index in [1.165, 1.54) is 29.0 Å². The van der Waals surface area contributed by atoms with Crippen LogP contribution in [0.4, 0.5) is 0 Å². The Hall–Kier alpha value is -0.880. The standard InChI is InChI=1S/C16H30N2O3S/c1-4-14(2)18(22(3,20)21)13-11-16(19)17-12-10-15-8-6-5-7-9-15/h8,14H,4-7,9-13H2,1-3H3,(H,17,19). The minimum absolute atomic E-state index is 0.0739. The van der Waals surface area contributed by atoms with E-state index < -0.39 is 10.0 Å². The van der Waals surface area contributed by atoms with E-state index >= 15 is 0 Å². The van der Waals surface area contributed by atoms with Gasteiger partial charge in [0.1, 0.15) is 0 Å². The summed E-state index contributed by atoms with van der Waals surface area (Å²) in [7, 11) is -3.27. The van der Waals surface area contributed by atoms with E-state index in [0.29, 0.717) is 6.54 Å². The van der Waals surface area contributed by atoms with Crippen LogP contribution in [0.1, 0.15) is 58.8 Å². The highest BCUT2D eigenvalue weighted by molar-refractivity contribution is 7.88. The van der Waals surface area contributed by atoms with Crippen molar-refractivity contribution in [1.29, 1.82) is 0 Å². The van der Waals surface area contributed by atoms with Gasteiger partial charge in [0.05, 0.1) is 6.26 Å². The zero-order valence-corrected chi connectivity index (χ0v) is 14.9. The fourth-order valence-corrected chi connectivity index (χ4v) is 3.94. The van der Waals surface area contributed by atoms with Crippen LogP contribution in [0.3, 0.4) is 0 Å². The van der Waals surface area contributed by atoms with Gasteiger partial charge in [-0.15, -0.1) is 0 Å². The molecule has 1 unspecified atom stereocenters. The van der Waals surface area contributed by atoms with Crippen LogP contribution in [0.15, 0.2) is 11.6 Å². The molecule has 1 N–H and O–H groups in total. The molecule has 0 aliphatic heterocycles. The zero-order valence-electron chi connectivity index (χ0n) is 14.1. The lowest BCUT2D eigenvalue weighted by molar-refractivity contribution is -0.121. The van der Waals surface area contributed by atoms with E-state index in [4.69, 9.17) is 0 Å². The first-order chi connectivity index (χ1) is 10.3. The van der Waals surface area contributed by atoms with Gasteiger partial charge in [-0.2, -0.15) is 4.31 Å². The van der Waals surface area contributed by atoms with Crippen LogP contribution in [0.5, 0.6) is 0 Å². The van der Waals surface area contributed by atoms with Crippen LogP contribution in [-0.4, -0.2) is 44.0 Å². The highest BCUT2D eigenvalue weighted by Gasteiger charge is 2.22. The first kappa shape index (κ1) is 19.2. The molecular weight excluding hydrogens is 300 g/mol. The highest BCUT2D eigenvalue weighted by Crippen LogP contribution is 2.19. The average Bonchev–Trinajstić information content (AvgIpc) is 2.46. The fraction of sp³-hybridized carbons (Fsp3) is 0.812. The molecule has 5 nitrogen and oxygen atoms in total. The molecule has 0 radical (unpaired) electrons. The fourth-order valence-electron chi connectivity index (χ4n) is 2.71. The normalized spacial score (nSPS) is 17.2. The van der Waals surface area contributed by atoms with E-state index in [9.17, 15) is 13.2 Å². The quantitative estimate of drug-likeness (QED) is 0.660. The topological polar surface area (TPSA) is 66.5 Å². The summed E-state index contributed by atoms with van der Waals surface area (Å²) < 4.78 is 24.9. The summed E-state index contributed by atoms with van der Waals surface area (Å²) in [6.45, 7) is 4.71. The highest BCUT2D eigenvalue weighted by atomic mass is 32.2. The summed E-state index contributed by atoms with van der Waals surface area (Å²) in [6.07, 6.45) is 10.2. The molecule has 1 aliphatic rings. The van der Waals surface area contributed by atoms with Crippen molar-refractivity contribution < 1.29 is 13.2 Å². The lowest BCUT2D eigenvalue weighted by Crippen LogP contribution is -2.40. The van der Waals surface area contributed by atoms with Crippen molar-refractivity contribution in [2.24, 2.45) is 0 Å². The molecule has 22 heavy (non-hydrogen) atoms. The second-order valence-electron chi connectivity index (χ2n) is 6.09. The largest absolute Gasteiger partial charge is 0.356 e. The van der Waals surface area contributed by atoms with Gasteiger partial charge in [-0.25, -0.2) is 8.42 Å². The van der Waals surface area contributed by atoms with Crippen molar-refractivity contribution in [2.75, 3.05) is 19.3 Å². The van der Waals surface area contributed by atoms with Gasteiger partial charge in [-0.3, -0.25) is 4.79 Å². The Kier molecular flexibility index (Phi) is 8.10. The Labute approximate surface area is 135 Å². The smallest absolute Gasteiger partial charge is 0.221 e. The first-order valence-electron chi connectivity index (χ1n) is 8.26. The van der Waals surface area contributed by atoms with Crippen LogP contribution in [0.2, 0.25) is 0 Å². The van der Waals surface area contributed by atoms with Crippen LogP contribution >= 0.6 is 0 Å². The maximum absolute atomic E-state index is 11.9. The van der Waals surface area contributed by atoms with Crippen LogP contribution in [0.25, 0.3) is 0 Å². The van der Waals surface area contributed by atoms with Gasteiger partial charge in [-0.05, 0) is 45.4 Å². The minimum atomic E-state index is -3.27. The van der Waals surface area contributed by atoms with Gasteiger partial charge in [0.15, 0.2) is 0 Å². The van der Waals surface area contributed by atoms with Crippen molar-refractivity contribution in [3.63, 3.8) is 0 Å². The Balaban J connectivity index is 2.33. The number of nitrogens with zero attached hydrogens (tertiary/aromatic N) is 1. The first-order valence-corrected chi connectivity index (χ1v) is 10.1. The Bertz CT molecular complexity index is 486. The molecular formula is C16H30N2O3S. The third-order valence-corrected chi connectivity index (χ3v) is 5.62. The molecule has 0 saturated carbocycles. The molecule has 128 valence electrons. The van der Waals surface area contributed by atoms with Crippen molar-refractivity contribution in [1.82, 2.24) is 9.62 Å². The summed E-state index contributed by atoms with van der Waals surface area (Å²) in [6, 6.07) is -0.0739. The number of nitrogens with one attached hydrogen (secondary N) is 1. The molecule has 0 aromatic rings. The predicted molar refractivity (Wildman–Crippen MR) is 90.1 cm³/mol. The third kappa shape index (κ3) is 6.92.